The maximum atomic E-state index is 8.63. The second kappa shape index (κ2) is 4.80. The predicted octanol–water partition coefficient (Wildman–Crippen LogP) is 0.524. The first-order valence-electron chi connectivity index (χ1n) is 4.72. The lowest BCUT2D eigenvalue weighted by Crippen LogP contribution is -2.42. The normalized spacial score (nSPS) is 36.8. The lowest BCUT2D eigenvalue weighted by Gasteiger charge is -2.32. The van der Waals surface area contributed by atoms with Gasteiger partial charge in [0.15, 0.2) is 0 Å². The molecular formula is C9H19NO2. The van der Waals surface area contributed by atoms with Gasteiger partial charge in [0.2, 0.25) is 0 Å². The molecule has 2 N–H and O–H groups in total. The zero-order chi connectivity index (χ0) is 8.97. The molecule has 0 bridgehead atoms. The topological polar surface area (TPSA) is 41.5 Å². The summed E-state index contributed by atoms with van der Waals surface area (Å²) < 4.78 is 5.59. The zero-order valence-electron chi connectivity index (χ0n) is 7.92. The Morgan fingerprint density at radius 1 is 1.33 bits per heavy atom. The molecule has 0 radical (unpaired) electrons. The highest BCUT2D eigenvalue weighted by atomic mass is 16.5. The molecule has 3 nitrogen and oxygen atoms in total. The van der Waals surface area contributed by atoms with Gasteiger partial charge in [-0.2, -0.15) is 0 Å². The van der Waals surface area contributed by atoms with Crippen LogP contribution >= 0.6 is 0 Å². The molecule has 0 spiro atoms. The van der Waals surface area contributed by atoms with Gasteiger partial charge in [-0.25, -0.2) is 0 Å². The average Bonchev–Trinajstić information content (AvgIpc) is 1.99. The summed E-state index contributed by atoms with van der Waals surface area (Å²) in [6.45, 7) is 5.12. The molecule has 0 aliphatic carbocycles. The maximum absolute atomic E-state index is 8.63. The van der Waals surface area contributed by atoms with E-state index in [1.54, 1.807) is 0 Å². The monoisotopic (exact) mass is 173 g/mol. The van der Waals surface area contributed by atoms with Crippen LogP contribution in [0.15, 0.2) is 0 Å². The van der Waals surface area contributed by atoms with Crippen molar-refractivity contribution in [1.29, 1.82) is 0 Å². The molecule has 0 saturated carbocycles. The standard InChI is InChI=1S/C9H19NO2/c1-7-5-9(10-3-4-11)6-8(2)12-7/h7-11H,3-6H2,1-2H3/t7-,8-/m1/s1. The first-order chi connectivity index (χ1) is 5.72. The minimum atomic E-state index is 0.222. The summed E-state index contributed by atoms with van der Waals surface area (Å²) in [5.41, 5.74) is 0. The van der Waals surface area contributed by atoms with Crippen molar-refractivity contribution in [3.05, 3.63) is 0 Å². The summed E-state index contributed by atoms with van der Waals surface area (Å²) in [6.07, 6.45) is 2.82. The van der Waals surface area contributed by atoms with Crippen LogP contribution in [0, 0.1) is 0 Å². The van der Waals surface area contributed by atoms with E-state index in [9.17, 15) is 0 Å². The van der Waals surface area contributed by atoms with E-state index < -0.39 is 0 Å². The van der Waals surface area contributed by atoms with E-state index in [4.69, 9.17) is 9.84 Å². The molecule has 0 aromatic rings. The highest BCUT2D eigenvalue weighted by Crippen LogP contribution is 2.18. The van der Waals surface area contributed by atoms with Gasteiger partial charge in [0, 0.05) is 12.6 Å². The number of aliphatic hydroxyl groups is 1. The Morgan fingerprint density at radius 3 is 2.42 bits per heavy atom. The molecule has 1 aliphatic heterocycles. The van der Waals surface area contributed by atoms with Crippen molar-refractivity contribution >= 4 is 0 Å². The molecule has 0 unspecified atom stereocenters. The van der Waals surface area contributed by atoms with Crippen molar-refractivity contribution < 1.29 is 9.84 Å². The van der Waals surface area contributed by atoms with Crippen molar-refractivity contribution in [2.45, 2.75) is 44.9 Å². The van der Waals surface area contributed by atoms with Crippen LogP contribution in [0.2, 0.25) is 0 Å². The van der Waals surface area contributed by atoms with E-state index in [-0.39, 0.29) is 6.61 Å². The van der Waals surface area contributed by atoms with Crippen molar-refractivity contribution in [1.82, 2.24) is 5.32 Å². The quantitative estimate of drug-likeness (QED) is 0.654. The first kappa shape index (κ1) is 9.96. The molecule has 1 aliphatic rings. The smallest absolute Gasteiger partial charge is 0.0565 e. The minimum Gasteiger partial charge on any atom is -0.395 e. The maximum Gasteiger partial charge on any atom is 0.0565 e. The van der Waals surface area contributed by atoms with Crippen LogP contribution in [0.1, 0.15) is 26.7 Å². The molecule has 12 heavy (non-hydrogen) atoms. The minimum absolute atomic E-state index is 0.222. The predicted molar refractivity (Wildman–Crippen MR) is 48.1 cm³/mol. The van der Waals surface area contributed by atoms with Crippen LogP contribution in [0.3, 0.4) is 0 Å². The van der Waals surface area contributed by atoms with Crippen LogP contribution in [0.4, 0.5) is 0 Å². The van der Waals surface area contributed by atoms with Crippen LogP contribution in [0.5, 0.6) is 0 Å². The van der Waals surface area contributed by atoms with Crippen LogP contribution < -0.4 is 5.32 Å². The fraction of sp³-hybridized carbons (Fsp3) is 1.00. The van der Waals surface area contributed by atoms with Crippen molar-refractivity contribution in [3.63, 3.8) is 0 Å². The van der Waals surface area contributed by atoms with E-state index in [1.807, 2.05) is 0 Å². The molecule has 0 aromatic heterocycles. The van der Waals surface area contributed by atoms with Gasteiger partial charge in [0.25, 0.3) is 0 Å². The summed E-state index contributed by atoms with van der Waals surface area (Å²) >= 11 is 0. The van der Waals surface area contributed by atoms with Gasteiger partial charge in [-0.15, -0.1) is 0 Å². The number of hydrogen-bond donors (Lipinski definition) is 2. The van der Waals surface area contributed by atoms with Crippen molar-refractivity contribution in [2.75, 3.05) is 13.2 Å². The molecule has 2 atom stereocenters. The van der Waals surface area contributed by atoms with Gasteiger partial charge in [-0.3, -0.25) is 0 Å². The van der Waals surface area contributed by atoms with Crippen LogP contribution in [-0.2, 0) is 4.74 Å². The summed E-state index contributed by atoms with van der Waals surface area (Å²) in [7, 11) is 0. The van der Waals surface area contributed by atoms with Gasteiger partial charge in [-0.1, -0.05) is 0 Å². The van der Waals surface area contributed by atoms with Gasteiger partial charge < -0.3 is 15.2 Å². The Balaban J connectivity index is 2.24. The number of hydrogen-bond acceptors (Lipinski definition) is 3. The summed E-state index contributed by atoms with van der Waals surface area (Å²) in [5, 5.41) is 11.9. The number of rotatable bonds is 3. The van der Waals surface area contributed by atoms with Crippen LogP contribution in [0.25, 0.3) is 0 Å². The Morgan fingerprint density at radius 2 is 1.92 bits per heavy atom. The largest absolute Gasteiger partial charge is 0.395 e. The third-order valence-electron chi connectivity index (χ3n) is 2.24. The molecule has 0 aromatic carbocycles. The highest BCUT2D eigenvalue weighted by Gasteiger charge is 2.23. The molecule has 1 saturated heterocycles. The lowest BCUT2D eigenvalue weighted by molar-refractivity contribution is -0.0423. The third-order valence-corrected chi connectivity index (χ3v) is 2.24. The Labute approximate surface area is 74.1 Å². The molecule has 3 heteroatoms. The van der Waals surface area contributed by atoms with E-state index in [0.717, 1.165) is 12.8 Å². The number of nitrogens with one attached hydrogen (secondary N) is 1. The Hall–Kier alpha value is -0.120. The van der Waals surface area contributed by atoms with Gasteiger partial charge in [-0.05, 0) is 26.7 Å². The second-order valence-corrected chi connectivity index (χ2v) is 3.60. The Kier molecular flexibility index (Phi) is 3.98. The summed E-state index contributed by atoms with van der Waals surface area (Å²) in [4.78, 5) is 0. The summed E-state index contributed by atoms with van der Waals surface area (Å²) in [6, 6.07) is 0.524. The second-order valence-electron chi connectivity index (χ2n) is 3.60. The molecule has 1 fully saturated rings. The zero-order valence-corrected chi connectivity index (χ0v) is 7.92. The number of aliphatic hydroxyl groups excluding tert-OH is 1. The molecule has 72 valence electrons. The lowest BCUT2D eigenvalue weighted by atomic mass is 10.00. The van der Waals surface area contributed by atoms with E-state index >= 15 is 0 Å². The fourth-order valence-corrected chi connectivity index (χ4v) is 1.84. The van der Waals surface area contributed by atoms with E-state index in [2.05, 4.69) is 19.2 Å². The highest BCUT2D eigenvalue weighted by molar-refractivity contribution is 4.78. The van der Waals surface area contributed by atoms with E-state index in [0.29, 0.717) is 24.8 Å². The average molecular weight is 173 g/mol. The third kappa shape index (κ3) is 3.09. The van der Waals surface area contributed by atoms with Crippen molar-refractivity contribution in [2.24, 2.45) is 0 Å². The molecule has 1 heterocycles. The van der Waals surface area contributed by atoms with Gasteiger partial charge in [0.1, 0.15) is 0 Å². The number of ether oxygens (including phenoxy) is 1. The van der Waals surface area contributed by atoms with Crippen molar-refractivity contribution in [3.8, 4) is 0 Å². The first-order valence-corrected chi connectivity index (χ1v) is 4.72. The van der Waals surface area contributed by atoms with Crippen LogP contribution in [-0.4, -0.2) is 36.5 Å². The molecular weight excluding hydrogens is 154 g/mol. The van der Waals surface area contributed by atoms with Gasteiger partial charge >= 0.3 is 0 Å². The Bertz CT molecular complexity index is 120. The molecule has 1 rings (SSSR count). The fourth-order valence-electron chi connectivity index (χ4n) is 1.84. The van der Waals surface area contributed by atoms with E-state index in [1.165, 1.54) is 0 Å². The van der Waals surface area contributed by atoms with Gasteiger partial charge in [0.05, 0.1) is 18.8 Å². The molecule has 0 amide bonds. The summed E-state index contributed by atoms with van der Waals surface area (Å²) in [5.74, 6) is 0. The SMILES string of the molecule is C[C@@H]1CC(NCCO)C[C@@H](C)O1.